The number of benzene rings is 1. The first kappa shape index (κ1) is 14.4. The van der Waals surface area contributed by atoms with Gasteiger partial charge in [-0.2, -0.15) is 5.10 Å². The van der Waals surface area contributed by atoms with Gasteiger partial charge in [-0.05, 0) is 24.3 Å². The number of aromatic nitrogens is 3. The van der Waals surface area contributed by atoms with E-state index in [9.17, 15) is 9.59 Å². The molecule has 24 heavy (non-hydrogen) atoms. The fourth-order valence-electron chi connectivity index (χ4n) is 2.84. The van der Waals surface area contributed by atoms with E-state index in [4.69, 9.17) is 0 Å². The molecule has 1 aliphatic rings. The Morgan fingerprint density at radius 3 is 2.75 bits per heavy atom. The molecule has 1 aliphatic heterocycles. The zero-order valence-corrected chi connectivity index (χ0v) is 12.8. The Labute approximate surface area is 137 Å². The molecule has 7 nitrogen and oxygen atoms in total. The number of carbonyl (C=O) groups excluding carboxylic acids is 2. The van der Waals surface area contributed by atoms with Crippen molar-refractivity contribution in [2.45, 2.75) is 0 Å². The molecular formula is C17H15N5O2. The Kier molecular flexibility index (Phi) is 3.45. The number of hydrogen-bond acceptors (Lipinski definition) is 4. The summed E-state index contributed by atoms with van der Waals surface area (Å²) in [4.78, 5) is 29.6. The fourth-order valence-corrected chi connectivity index (χ4v) is 2.84. The van der Waals surface area contributed by atoms with Crippen molar-refractivity contribution < 1.29 is 9.59 Å². The van der Waals surface area contributed by atoms with Crippen molar-refractivity contribution in [1.29, 1.82) is 0 Å². The maximum Gasteiger partial charge on any atom is 0.254 e. The number of fused-ring (bicyclic) bond motifs is 1. The van der Waals surface area contributed by atoms with Crippen molar-refractivity contribution in [2.75, 3.05) is 19.6 Å². The SMILES string of the molecule is O=C1CN(C(=O)c2ccc(-c3cccc4ncnn34)cc2)CCN1. The highest BCUT2D eigenvalue weighted by Crippen LogP contribution is 2.20. The molecule has 4 rings (SSSR count). The average molecular weight is 321 g/mol. The van der Waals surface area contributed by atoms with Gasteiger partial charge in [0.2, 0.25) is 5.91 Å². The normalized spacial score (nSPS) is 14.7. The third-order valence-electron chi connectivity index (χ3n) is 4.05. The van der Waals surface area contributed by atoms with Gasteiger partial charge in [-0.15, -0.1) is 0 Å². The second-order valence-electron chi connectivity index (χ2n) is 5.60. The third kappa shape index (κ3) is 2.50. The van der Waals surface area contributed by atoms with Gasteiger partial charge in [0.05, 0.1) is 12.2 Å². The zero-order valence-electron chi connectivity index (χ0n) is 12.8. The summed E-state index contributed by atoms with van der Waals surface area (Å²) in [5.41, 5.74) is 3.19. The Hall–Kier alpha value is -3.22. The van der Waals surface area contributed by atoms with Gasteiger partial charge in [-0.25, -0.2) is 9.50 Å². The molecule has 7 heteroatoms. The van der Waals surface area contributed by atoms with E-state index in [-0.39, 0.29) is 18.4 Å². The lowest BCUT2D eigenvalue weighted by Gasteiger charge is -2.26. The maximum atomic E-state index is 12.5. The number of nitrogens with zero attached hydrogens (tertiary/aromatic N) is 4. The van der Waals surface area contributed by atoms with Crippen molar-refractivity contribution in [2.24, 2.45) is 0 Å². The van der Waals surface area contributed by atoms with Gasteiger partial charge >= 0.3 is 0 Å². The van der Waals surface area contributed by atoms with Crippen LogP contribution in [0.5, 0.6) is 0 Å². The predicted molar refractivity (Wildman–Crippen MR) is 87.3 cm³/mol. The van der Waals surface area contributed by atoms with Crippen LogP contribution in [-0.2, 0) is 4.79 Å². The van der Waals surface area contributed by atoms with Crippen molar-refractivity contribution in [1.82, 2.24) is 24.8 Å². The minimum absolute atomic E-state index is 0.110. The molecule has 2 amide bonds. The summed E-state index contributed by atoms with van der Waals surface area (Å²) in [6.07, 6.45) is 1.51. The van der Waals surface area contributed by atoms with Gasteiger partial charge in [-0.3, -0.25) is 9.59 Å². The van der Waals surface area contributed by atoms with Crippen molar-refractivity contribution in [3.05, 3.63) is 54.4 Å². The second-order valence-corrected chi connectivity index (χ2v) is 5.60. The molecule has 1 fully saturated rings. The lowest BCUT2D eigenvalue weighted by atomic mass is 10.1. The highest BCUT2D eigenvalue weighted by Gasteiger charge is 2.22. The third-order valence-corrected chi connectivity index (χ3v) is 4.05. The lowest BCUT2D eigenvalue weighted by Crippen LogP contribution is -2.49. The van der Waals surface area contributed by atoms with Gasteiger partial charge in [0.1, 0.15) is 6.33 Å². The van der Waals surface area contributed by atoms with Crippen LogP contribution in [0.25, 0.3) is 16.9 Å². The van der Waals surface area contributed by atoms with E-state index in [0.29, 0.717) is 18.7 Å². The maximum absolute atomic E-state index is 12.5. The van der Waals surface area contributed by atoms with Crippen LogP contribution in [0.2, 0.25) is 0 Å². The summed E-state index contributed by atoms with van der Waals surface area (Å²) < 4.78 is 1.76. The number of hydrogen-bond donors (Lipinski definition) is 1. The fraction of sp³-hybridized carbons (Fsp3) is 0.176. The lowest BCUT2D eigenvalue weighted by molar-refractivity contribution is -0.123. The van der Waals surface area contributed by atoms with E-state index in [0.717, 1.165) is 16.9 Å². The van der Waals surface area contributed by atoms with E-state index < -0.39 is 0 Å². The van der Waals surface area contributed by atoms with Crippen LogP contribution < -0.4 is 5.32 Å². The van der Waals surface area contributed by atoms with E-state index in [1.54, 1.807) is 21.5 Å². The van der Waals surface area contributed by atoms with Crippen LogP contribution in [0.15, 0.2) is 48.8 Å². The van der Waals surface area contributed by atoms with Crippen molar-refractivity contribution in [3.63, 3.8) is 0 Å². The van der Waals surface area contributed by atoms with E-state index in [2.05, 4.69) is 15.4 Å². The standard InChI is InChI=1S/C17H15N5O2/c23-16-10-21(9-8-18-16)17(24)13-6-4-12(5-7-13)14-2-1-3-15-19-11-20-22(14)15/h1-7,11H,8-10H2,(H,18,23). The minimum Gasteiger partial charge on any atom is -0.353 e. The van der Waals surface area contributed by atoms with Gasteiger partial charge in [0.15, 0.2) is 5.65 Å². The number of pyridine rings is 1. The summed E-state index contributed by atoms with van der Waals surface area (Å²) >= 11 is 0. The molecule has 1 aromatic carbocycles. The Morgan fingerprint density at radius 2 is 1.96 bits per heavy atom. The molecule has 0 saturated carbocycles. The minimum atomic E-state index is -0.129. The molecule has 1 N–H and O–H groups in total. The Balaban J connectivity index is 1.62. The summed E-state index contributed by atoms with van der Waals surface area (Å²) in [7, 11) is 0. The van der Waals surface area contributed by atoms with Crippen molar-refractivity contribution >= 4 is 17.5 Å². The van der Waals surface area contributed by atoms with Crippen LogP contribution in [0.3, 0.4) is 0 Å². The van der Waals surface area contributed by atoms with E-state index >= 15 is 0 Å². The first-order chi connectivity index (χ1) is 11.7. The number of rotatable bonds is 2. The molecule has 0 atom stereocenters. The van der Waals surface area contributed by atoms with Crippen LogP contribution in [0.1, 0.15) is 10.4 Å². The molecule has 1 saturated heterocycles. The first-order valence-corrected chi connectivity index (χ1v) is 7.67. The molecular weight excluding hydrogens is 306 g/mol. The summed E-state index contributed by atoms with van der Waals surface area (Å²) in [5.74, 6) is -0.251. The van der Waals surface area contributed by atoms with Crippen LogP contribution in [0, 0.1) is 0 Å². The first-order valence-electron chi connectivity index (χ1n) is 7.67. The van der Waals surface area contributed by atoms with E-state index in [1.807, 2.05) is 30.3 Å². The number of amides is 2. The molecule has 0 aliphatic carbocycles. The molecule has 0 unspecified atom stereocenters. The van der Waals surface area contributed by atoms with Crippen LogP contribution in [0.4, 0.5) is 0 Å². The Morgan fingerprint density at radius 1 is 1.12 bits per heavy atom. The quantitative estimate of drug-likeness (QED) is 0.763. The zero-order chi connectivity index (χ0) is 16.5. The number of nitrogens with one attached hydrogen (secondary N) is 1. The largest absolute Gasteiger partial charge is 0.353 e. The summed E-state index contributed by atoms with van der Waals surface area (Å²) in [6, 6.07) is 13.1. The Bertz CT molecular complexity index is 916. The summed E-state index contributed by atoms with van der Waals surface area (Å²) in [5, 5.41) is 6.94. The molecule has 0 spiro atoms. The van der Waals surface area contributed by atoms with Crippen LogP contribution in [-0.4, -0.2) is 50.9 Å². The van der Waals surface area contributed by atoms with Gasteiger partial charge < -0.3 is 10.2 Å². The van der Waals surface area contributed by atoms with Crippen molar-refractivity contribution in [3.8, 4) is 11.3 Å². The van der Waals surface area contributed by atoms with Gasteiger partial charge in [-0.1, -0.05) is 18.2 Å². The second kappa shape index (κ2) is 5.77. The predicted octanol–water partition coefficient (Wildman–Crippen LogP) is 0.968. The topological polar surface area (TPSA) is 79.6 Å². The molecule has 3 heterocycles. The van der Waals surface area contributed by atoms with Gasteiger partial charge in [0.25, 0.3) is 5.91 Å². The van der Waals surface area contributed by atoms with Crippen LogP contribution >= 0.6 is 0 Å². The number of piperazine rings is 1. The highest BCUT2D eigenvalue weighted by atomic mass is 16.2. The van der Waals surface area contributed by atoms with Gasteiger partial charge in [0, 0.05) is 24.2 Å². The molecule has 3 aromatic rings. The molecule has 0 bridgehead atoms. The molecule has 0 radical (unpaired) electrons. The number of carbonyl (C=O) groups is 2. The monoisotopic (exact) mass is 321 g/mol. The average Bonchev–Trinajstić information content (AvgIpc) is 3.10. The smallest absolute Gasteiger partial charge is 0.254 e. The molecule has 120 valence electrons. The van der Waals surface area contributed by atoms with E-state index in [1.165, 1.54) is 6.33 Å². The molecule has 2 aromatic heterocycles. The summed E-state index contributed by atoms with van der Waals surface area (Å²) in [6.45, 7) is 1.14. The highest BCUT2D eigenvalue weighted by molar-refractivity contribution is 5.97.